The molecule has 4 rings (SSSR count). The van der Waals surface area contributed by atoms with Crippen molar-refractivity contribution in [2.75, 3.05) is 25.5 Å². The van der Waals surface area contributed by atoms with E-state index in [0.29, 0.717) is 18.0 Å². The van der Waals surface area contributed by atoms with Crippen LogP contribution in [0.4, 0.5) is 10.5 Å². The second-order valence-corrected chi connectivity index (χ2v) is 7.09. The van der Waals surface area contributed by atoms with Gasteiger partial charge in [-0.15, -0.1) is 10.2 Å². The average Bonchev–Trinajstić information content (AvgIpc) is 3.41. The maximum atomic E-state index is 12.8. The zero-order chi connectivity index (χ0) is 20.9. The van der Waals surface area contributed by atoms with E-state index in [1.165, 1.54) is 0 Å². The monoisotopic (exact) mass is 408 g/mol. The maximum absolute atomic E-state index is 12.8. The summed E-state index contributed by atoms with van der Waals surface area (Å²) in [6.07, 6.45) is 3.91. The van der Waals surface area contributed by atoms with Crippen LogP contribution in [0.1, 0.15) is 31.1 Å². The third-order valence-corrected chi connectivity index (χ3v) is 5.18. The highest BCUT2D eigenvalue weighted by molar-refractivity contribution is 5.89. The summed E-state index contributed by atoms with van der Waals surface area (Å²) in [5.41, 5.74) is 1.42. The van der Waals surface area contributed by atoms with Crippen LogP contribution in [-0.2, 0) is 4.79 Å². The van der Waals surface area contributed by atoms with Crippen LogP contribution in [0.5, 0.6) is 5.75 Å². The summed E-state index contributed by atoms with van der Waals surface area (Å²) in [5.74, 6) is 1.49. The first kappa shape index (κ1) is 19.7. The number of amides is 3. The fourth-order valence-electron chi connectivity index (χ4n) is 3.70. The van der Waals surface area contributed by atoms with Crippen LogP contribution < -0.4 is 15.4 Å². The number of fused-ring (bicyclic) bond motifs is 1. The Morgan fingerprint density at radius 2 is 2.00 bits per heavy atom. The lowest BCUT2D eigenvalue weighted by atomic mass is 10.2. The van der Waals surface area contributed by atoms with Crippen molar-refractivity contribution in [2.24, 2.45) is 0 Å². The summed E-state index contributed by atoms with van der Waals surface area (Å²) in [7, 11) is 1.59. The molecule has 0 saturated carbocycles. The second-order valence-electron chi connectivity index (χ2n) is 7.09. The molecule has 0 radical (unpaired) electrons. The van der Waals surface area contributed by atoms with Gasteiger partial charge in [-0.05, 0) is 49.2 Å². The average molecular weight is 408 g/mol. The summed E-state index contributed by atoms with van der Waals surface area (Å²) in [5, 5.41) is 14.0. The fourth-order valence-corrected chi connectivity index (χ4v) is 3.70. The number of benzene rings is 1. The van der Waals surface area contributed by atoms with Crippen LogP contribution in [-0.4, -0.2) is 51.6 Å². The van der Waals surface area contributed by atoms with Gasteiger partial charge in [0.25, 0.3) is 0 Å². The van der Waals surface area contributed by atoms with Crippen LogP contribution in [0.25, 0.3) is 5.65 Å². The maximum Gasteiger partial charge on any atom is 0.319 e. The standard InChI is InChI=1S/C21H24N6O3/c1-30-16-9-7-15(8-10-16)23-21(29)22-12-11-19(28)26-14-4-5-17(26)20-25-24-18-6-2-3-13-27(18)20/h2-3,6-10,13,17H,4-5,11-12,14H2,1H3,(H2,22,23,29)/t17-/m1/s1. The quantitative estimate of drug-likeness (QED) is 0.653. The van der Waals surface area contributed by atoms with E-state index < -0.39 is 0 Å². The number of carbonyl (C=O) groups excluding carboxylic acids is 2. The minimum absolute atomic E-state index is 0.00470. The zero-order valence-corrected chi connectivity index (χ0v) is 16.7. The van der Waals surface area contributed by atoms with Crippen molar-refractivity contribution in [1.82, 2.24) is 24.8 Å². The van der Waals surface area contributed by atoms with Gasteiger partial charge in [0.2, 0.25) is 5.91 Å². The van der Waals surface area contributed by atoms with Gasteiger partial charge in [-0.25, -0.2) is 4.79 Å². The highest BCUT2D eigenvalue weighted by Crippen LogP contribution is 2.31. The predicted molar refractivity (Wildman–Crippen MR) is 111 cm³/mol. The molecule has 3 aromatic rings. The summed E-state index contributed by atoms with van der Waals surface area (Å²) in [6, 6.07) is 12.3. The number of pyridine rings is 1. The van der Waals surface area contributed by atoms with E-state index in [9.17, 15) is 9.59 Å². The van der Waals surface area contributed by atoms with Crippen LogP contribution in [0, 0.1) is 0 Å². The van der Waals surface area contributed by atoms with Gasteiger partial charge in [-0.3, -0.25) is 9.20 Å². The van der Waals surface area contributed by atoms with E-state index >= 15 is 0 Å². The van der Waals surface area contributed by atoms with Crippen molar-refractivity contribution in [3.05, 3.63) is 54.5 Å². The number of methoxy groups -OCH3 is 1. The molecule has 2 aromatic heterocycles. The van der Waals surface area contributed by atoms with Crippen molar-refractivity contribution in [3.8, 4) is 5.75 Å². The van der Waals surface area contributed by atoms with E-state index in [1.54, 1.807) is 31.4 Å². The molecular weight excluding hydrogens is 384 g/mol. The number of ether oxygens (including phenoxy) is 1. The first-order valence-electron chi connectivity index (χ1n) is 9.94. The van der Waals surface area contributed by atoms with Gasteiger partial charge >= 0.3 is 6.03 Å². The third kappa shape index (κ3) is 4.19. The topological polar surface area (TPSA) is 101 Å². The normalized spacial score (nSPS) is 15.9. The number of hydrogen-bond acceptors (Lipinski definition) is 5. The highest BCUT2D eigenvalue weighted by Gasteiger charge is 2.32. The van der Waals surface area contributed by atoms with Gasteiger partial charge in [0, 0.05) is 31.4 Å². The van der Waals surface area contributed by atoms with E-state index in [0.717, 1.165) is 24.3 Å². The molecule has 2 N–H and O–H groups in total. The number of nitrogens with one attached hydrogen (secondary N) is 2. The Morgan fingerprint density at radius 3 is 2.80 bits per heavy atom. The third-order valence-electron chi connectivity index (χ3n) is 5.18. The summed E-state index contributed by atoms with van der Waals surface area (Å²) in [4.78, 5) is 26.7. The van der Waals surface area contributed by atoms with E-state index in [-0.39, 0.29) is 30.9 Å². The molecule has 0 spiro atoms. The minimum atomic E-state index is -0.352. The number of likely N-dealkylation sites (tertiary alicyclic amines) is 1. The molecule has 1 fully saturated rings. The zero-order valence-electron chi connectivity index (χ0n) is 16.7. The number of rotatable bonds is 6. The molecule has 1 aromatic carbocycles. The van der Waals surface area contributed by atoms with Gasteiger partial charge in [-0.2, -0.15) is 0 Å². The Morgan fingerprint density at radius 1 is 1.17 bits per heavy atom. The molecule has 0 unspecified atom stereocenters. The lowest BCUT2D eigenvalue weighted by Gasteiger charge is -2.23. The number of anilines is 1. The van der Waals surface area contributed by atoms with E-state index in [4.69, 9.17) is 4.74 Å². The van der Waals surface area contributed by atoms with E-state index in [1.807, 2.05) is 33.7 Å². The molecule has 1 atom stereocenters. The summed E-state index contributed by atoms with van der Waals surface area (Å²) in [6.45, 7) is 0.938. The molecule has 0 bridgehead atoms. The number of aromatic nitrogens is 3. The lowest BCUT2D eigenvalue weighted by molar-refractivity contribution is -0.132. The summed E-state index contributed by atoms with van der Waals surface area (Å²) < 4.78 is 7.02. The van der Waals surface area contributed by atoms with Crippen molar-refractivity contribution in [3.63, 3.8) is 0 Å². The largest absolute Gasteiger partial charge is 0.497 e. The van der Waals surface area contributed by atoms with Gasteiger partial charge < -0.3 is 20.3 Å². The molecule has 9 nitrogen and oxygen atoms in total. The number of carbonyl (C=O) groups is 2. The smallest absolute Gasteiger partial charge is 0.319 e. The second kappa shape index (κ2) is 8.81. The Kier molecular flexibility index (Phi) is 5.78. The van der Waals surface area contributed by atoms with Crippen molar-refractivity contribution < 1.29 is 14.3 Å². The van der Waals surface area contributed by atoms with E-state index in [2.05, 4.69) is 20.8 Å². The predicted octanol–water partition coefficient (Wildman–Crippen LogP) is 2.61. The molecule has 156 valence electrons. The molecule has 1 aliphatic heterocycles. The Bertz CT molecular complexity index is 1030. The van der Waals surface area contributed by atoms with Crippen LogP contribution in [0.3, 0.4) is 0 Å². The molecule has 30 heavy (non-hydrogen) atoms. The van der Waals surface area contributed by atoms with Crippen molar-refractivity contribution in [2.45, 2.75) is 25.3 Å². The first-order chi connectivity index (χ1) is 14.7. The molecular formula is C21H24N6O3. The Labute approximate surface area is 174 Å². The number of urea groups is 1. The van der Waals surface area contributed by atoms with Crippen LogP contribution in [0.15, 0.2) is 48.7 Å². The minimum Gasteiger partial charge on any atom is -0.497 e. The Balaban J connectivity index is 1.30. The van der Waals surface area contributed by atoms with Gasteiger partial charge in [0.05, 0.1) is 13.2 Å². The first-order valence-corrected chi connectivity index (χ1v) is 9.94. The fraction of sp³-hybridized carbons (Fsp3) is 0.333. The molecule has 1 aliphatic rings. The van der Waals surface area contributed by atoms with Crippen LogP contribution in [0.2, 0.25) is 0 Å². The van der Waals surface area contributed by atoms with Gasteiger partial charge in [0.1, 0.15) is 5.75 Å². The van der Waals surface area contributed by atoms with Crippen molar-refractivity contribution in [1.29, 1.82) is 0 Å². The van der Waals surface area contributed by atoms with Gasteiger partial charge in [0.15, 0.2) is 11.5 Å². The molecule has 3 heterocycles. The molecule has 1 saturated heterocycles. The van der Waals surface area contributed by atoms with Crippen LogP contribution >= 0.6 is 0 Å². The highest BCUT2D eigenvalue weighted by atomic mass is 16.5. The molecule has 0 aliphatic carbocycles. The summed E-state index contributed by atoms with van der Waals surface area (Å²) >= 11 is 0. The number of hydrogen-bond donors (Lipinski definition) is 2. The number of nitrogens with zero attached hydrogens (tertiary/aromatic N) is 4. The molecule has 3 amide bonds. The van der Waals surface area contributed by atoms with Crippen molar-refractivity contribution >= 4 is 23.3 Å². The SMILES string of the molecule is COc1ccc(NC(=O)NCCC(=O)N2CCC[C@@H]2c2nnc3ccccn23)cc1. The molecule has 9 heteroatoms. The van der Waals surface area contributed by atoms with Gasteiger partial charge in [-0.1, -0.05) is 6.07 Å². The Hall–Kier alpha value is -3.62. The lowest BCUT2D eigenvalue weighted by Crippen LogP contribution is -2.36.